The average molecular weight is 189 g/mol. The summed E-state index contributed by atoms with van der Waals surface area (Å²) in [7, 11) is 0. The maximum atomic E-state index is 8.55. The fraction of sp³-hybridized carbons (Fsp3) is 0.250. The van der Waals surface area contributed by atoms with Crippen LogP contribution in [0.25, 0.3) is 0 Å². The summed E-state index contributed by atoms with van der Waals surface area (Å²) < 4.78 is 0. The molecule has 0 amide bonds. The van der Waals surface area contributed by atoms with Crippen LogP contribution in [0.3, 0.4) is 0 Å². The summed E-state index contributed by atoms with van der Waals surface area (Å²) in [5, 5.41) is 9.31. The Morgan fingerprint density at radius 2 is 2.09 bits per heavy atom. The summed E-state index contributed by atoms with van der Waals surface area (Å²) >= 11 is 7.42. The van der Waals surface area contributed by atoms with E-state index in [9.17, 15) is 0 Å². The molecule has 0 aliphatic rings. The van der Waals surface area contributed by atoms with E-state index in [2.05, 4.69) is 0 Å². The smallest absolute Gasteiger partial charge is 0.0541 e. The van der Waals surface area contributed by atoms with Gasteiger partial charge in [0.15, 0.2) is 0 Å². The van der Waals surface area contributed by atoms with Crippen molar-refractivity contribution in [3.05, 3.63) is 29.3 Å². The van der Waals surface area contributed by atoms with Gasteiger partial charge in [0.05, 0.1) is 11.6 Å². The molecule has 1 aromatic carbocycles. The highest BCUT2D eigenvalue weighted by atomic mass is 35.5. The second-order valence-corrected chi connectivity index (χ2v) is 3.55. The number of hydrogen-bond acceptors (Lipinski definition) is 2. The molecule has 1 rings (SSSR count). The van der Waals surface area contributed by atoms with E-state index in [1.54, 1.807) is 11.8 Å². The zero-order valence-corrected chi connectivity index (χ0v) is 7.53. The van der Waals surface area contributed by atoms with Crippen LogP contribution in [0.15, 0.2) is 29.2 Å². The minimum absolute atomic E-state index is 0.190. The highest BCUT2D eigenvalue weighted by Gasteiger charge is 1.96. The van der Waals surface area contributed by atoms with Crippen LogP contribution in [0.4, 0.5) is 0 Å². The normalized spacial score (nSPS) is 10.0. The quantitative estimate of drug-likeness (QED) is 0.736. The summed E-state index contributed by atoms with van der Waals surface area (Å²) in [4.78, 5) is 1.03. The van der Waals surface area contributed by atoms with Crippen LogP contribution < -0.4 is 0 Å². The first-order valence-corrected chi connectivity index (χ1v) is 4.69. The van der Waals surface area contributed by atoms with Crippen LogP contribution in [0.1, 0.15) is 0 Å². The number of halogens is 1. The largest absolute Gasteiger partial charge is 0.396 e. The first-order chi connectivity index (χ1) is 5.34. The van der Waals surface area contributed by atoms with Gasteiger partial charge in [0.1, 0.15) is 0 Å². The molecular weight excluding hydrogens is 180 g/mol. The molecule has 0 bridgehead atoms. The van der Waals surface area contributed by atoms with Gasteiger partial charge in [-0.05, 0) is 12.1 Å². The lowest BCUT2D eigenvalue weighted by Crippen LogP contribution is -1.85. The summed E-state index contributed by atoms with van der Waals surface area (Å²) in [5.41, 5.74) is 0. The van der Waals surface area contributed by atoms with Crippen molar-refractivity contribution in [3.8, 4) is 0 Å². The maximum absolute atomic E-state index is 8.55. The van der Waals surface area contributed by atoms with Crippen LogP contribution >= 0.6 is 23.4 Å². The molecule has 0 radical (unpaired) electrons. The van der Waals surface area contributed by atoms with Gasteiger partial charge in [-0.25, -0.2) is 0 Å². The van der Waals surface area contributed by atoms with Crippen molar-refractivity contribution in [3.63, 3.8) is 0 Å². The number of thioether (sulfide) groups is 1. The van der Waals surface area contributed by atoms with E-state index in [-0.39, 0.29) is 6.61 Å². The van der Waals surface area contributed by atoms with Crippen molar-refractivity contribution in [2.45, 2.75) is 4.90 Å². The second kappa shape index (κ2) is 4.65. The van der Waals surface area contributed by atoms with Crippen LogP contribution in [0.5, 0.6) is 0 Å². The summed E-state index contributed by atoms with van der Waals surface area (Å²) in [5.74, 6) is 0.698. The molecule has 0 saturated heterocycles. The minimum Gasteiger partial charge on any atom is -0.396 e. The predicted molar refractivity (Wildman–Crippen MR) is 49.3 cm³/mol. The predicted octanol–water partition coefficient (Wildman–Crippen LogP) is 2.42. The number of aliphatic hydroxyl groups is 1. The molecule has 0 saturated carbocycles. The van der Waals surface area contributed by atoms with E-state index in [1.165, 1.54) is 0 Å². The van der Waals surface area contributed by atoms with E-state index in [1.807, 2.05) is 24.3 Å². The van der Waals surface area contributed by atoms with Crippen LogP contribution in [0, 0.1) is 0 Å². The van der Waals surface area contributed by atoms with E-state index in [0.717, 1.165) is 9.92 Å². The van der Waals surface area contributed by atoms with Crippen molar-refractivity contribution in [1.82, 2.24) is 0 Å². The fourth-order valence-corrected chi connectivity index (χ4v) is 1.71. The molecule has 0 fully saturated rings. The van der Waals surface area contributed by atoms with Gasteiger partial charge in [-0.15, -0.1) is 11.8 Å². The van der Waals surface area contributed by atoms with Crippen molar-refractivity contribution in [2.75, 3.05) is 12.4 Å². The maximum Gasteiger partial charge on any atom is 0.0541 e. The van der Waals surface area contributed by atoms with Crippen LogP contribution in [-0.4, -0.2) is 17.5 Å². The molecule has 60 valence electrons. The van der Waals surface area contributed by atoms with Gasteiger partial charge < -0.3 is 5.11 Å². The van der Waals surface area contributed by atoms with Gasteiger partial charge >= 0.3 is 0 Å². The number of hydrogen-bond donors (Lipinski definition) is 1. The average Bonchev–Trinajstić information content (AvgIpc) is 2.03. The van der Waals surface area contributed by atoms with E-state index in [0.29, 0.717) is 5.75 Å². The topological polar surface area (TPSA) is 20.2 Å². The number of aliphatic hydroxyl groups excluding tert-OH is 1. The third kappa shape index (κ3) is 2.73. The molecule has 11 heavy (non-hydrogen) atoms. The lowest BCUT2D eigenvalue weighted by molar-refractivity contribution is 0.322. The number of rotatable bonds is 3. The Morgan fingerprint density at radius 1 is 1.36 bits per heavy atom. The van der Waals surface area contributed by atoms with Gasteiger partial charge in [0.2, 0.25) is 0 Å². The zero-order chi connectivity index (χ0) is 8.10. The summed E-state index contributed by atoms with van der Waals surface area (Å²) in [6.07, 6.45) is 0. The Hall–Kier alpha value is -0.180. The Labute approximate surface area is 75.4 Å². The van der Waals surface area contributed by atoms with Gasteiger partial charge in [0, 0.05) is 10.6 Å². The first-order valence-electron chi connectivity index (χ1n) is 3.33. The molecule has 1 nitrogen and oxygen atoms in total. The fourth-order valence-electron chi connectivity index (χ4n) is 0.717. The van der Waals surface area contributed by atoms with Crippen LogP contribution in [0.2, 0.25) is 5.02 Å². The summed E-state index contributed by atoms with van der Waals surface area (Å²) in [6.45, 7) is 0.190. The molecule has 0 unspecified atom stereocenters. The molecule has 3 heteroatoms. The number of benzene rings is 1. The molecule has 0 spiro atoms. The van der Waals surface area contributed by atoms with Gasteiger partial charge in [-0.3, -0.25) is 0 Å². The third-order valence-corrected chi connectivity index (χ3v) is 2.68. The highest BCUT2D eigenvalue weighted by Crippen LogP contribution is 2.25. The molecule has 0 aliphatic carbocycles. The van der Waals surface area contributed by atoms with E-state index >= 15 is 0 Å². The van der Waals surface area contributed by atoms with Gasteiger partial charge in [-0.1, -0.05) is 23.7 Å². The van der Waals surface area contributed by atoms with Crippen molar-refractivity contribution in [2.24, 2.45) is 0 Å². The van der Waals surface area contributed by atoms with Crippen molar-refractivity contribution >= 4 is 23.4 Å². The minimum atomic E-state index is 0.190. The Balaban J connectivity index is 2.62. The zero-order valence-electron chi connectivity index (χ0n) is 5.96. The Kier molecular flexibility index (Phi) is 3.77. The molecule has 0 heterocycles. The lowest BCUT2D eigenvalue weighted by atomic mass is 10.4. The standard InChI is InChI=1S/C8H9ClOS/c9-7-3-1-2-4-8(7)11-6-5-10/h1-4,10H,5-6H2. The van der Waals surface area contributed by atoms with E-state index < -0.39 is 0 Å². The molecular formula is C8H9ClOS. The van der Waals surface area contributed by atoms with E-state index in [4.69, 9.17) is 16.7 Å². The SMILES string of the molecule is OCCSc1ccccc1Cl. The first kappa shape index (κ1) is 8.91. The molecule has 1 aromatic rings. The third-order valence-electron chi connectivity index (χ3n) is 1.19. The monoisotopic (exact) mass is 188 g/mol. The van der Waals surface area contributed by atoms with Crippen molar-refractivity contribution < 1.29 is 5.11 Å². The Morgan fingerprint density at radius 3 is 2.73 bits per heavy atom. The second-order valence-electron chi connectivity index (χ2n) is 2.00. The van der Waals surface area contributed by atoms with Crippen molar-refractivity contribution in [1.29, 1.82) is 0 Å². The van der Waals surface area contributed by atoms with Crippen LogP contribution in [-0.2, 0) is 0 Å². The summed E-state index contributed by atoms with van der Waals surface area (Å²) in [6, 6.07) is 7.63. The molecule has 0 aliphatic heterocycles. The van der Waals surface area contributed by atoms with Gasteiger partial charge in [0.25, 0.3) is 0 Å². The Bertz CT molecular complexity index is 227. The highest BCUT2D eigenvalue weighted by molar-refractivity contribution is 7.99. The lowest BCUT2D eigenvalue weighted by Gasteiger charge is -2.00. The molecule has 1 N–H and O–H groups in total. The molecule has 0 aromatic heterocycles. The molecule has 0 atom stereocenters. The van der Waals surface area contributed by atoms with Gasteiger partial charge in [-0.2, -0.15) is 0 Å².